The van der Waals surface area contributed by atoms with Crippen molar-refractivity contribution in [2.45, 2.75) is 19.4 Å². The molecule has 0 spiro atoms. The maximum Gasteiger partial charge on any atom is 0.308 e. The number of carbonyl (C=O) groups is 1. The van der Waals surface area contributed by atoms with Crippen molar-refractivity contribution in [2.75, 3.05) is 32.8 Å². The molecule has 110 valence electrons. The molecule has 1 saturated heterocycles. The second-order valence-corrected chi connectivity index (χ2v) is 4.98. The molecule has 1 aromatic carbocycles. The lowest BCUT2D eigenvalue weighted by Crippen LogP contribution is -2.45. The topological polar surface area (TPSA) is 61.8 Å². The standard InChI is InChI=1S/C15H22N2O3/c1-12(19)20-14-4-2-3-13(11-14)15(5-10-18)17-8-6-16-7-9-17/h2-4,11,15-16,18H,5-10H2,1H3/t15-/m0/s1. The zero-order valence-corrected chi connectivity index (χ0v) is 11.8. The normalized spacial score (nSPS) is 17.7. The highest BCUT2D eigenvalue weighted by Crippen LogP contribution is 2.27. The molecule has 5 heteroatoms. The first-order valence-corrected chi connectivity index (χ1v) is 7.04. The molecule has 1 aliphatic rings. The number of aliphatic hydroxyl groups excluding tert-OH is 1. The van der Waals surface area contributed by atoms with Gasteiger partial charge < -0.3 is 15.2 Å². The largest absolute Gasteiger partial charge is 0.427 e. The molecule has 1 fully saturated rings. The van der Waals surface area contributed by atoms with Gasteiger partial charge in [0.05, 0.1) is 0 Å². The average molecular weight is 278 g/mol. The van der Waals surface area contributed by atoms with Crippen molar-refractivity contribution < 1.29 is 14.6 Å². The van der Waals surface area contributed by atoms with E-state index in [2.05, 4.69) is 10.2 Å². The number of hydrogen-bond donors (Lipinski definition) is 2. The van der Waals surface area contributed by atoms with Gasteiger partial charge in [-0.1, -0.05) is 12.1 Å². The average Bonchev–Trinajstić information content (AvgIpc) is 2.45. The third kappa shape index (κ3) is 4.03. The van der Waals surface area contributed by atoms with Gasteiger partial charge in [-0.15, -0.1) is 0 Å². The molecule has 1 aromatic rings. The van der Waals surface area contributed by atoms with Gasteiger partial charge in [-0.2, -0.15) is 0 Å². The number of ether oxygens (including phenoxy) is 1. The zero-order chi connectivity index (χ0) is 14.4. The molecule has 2 N–H and O–H groups in total. The van der Waals surface area contributed by atoms with Gasteiger partial charge in [-0.25, -0.2) is 0 Å². The summed E-state index contributed by atoms with van der Waals surface area (Å²) in [6.45, 7) is 5.39. The predicted octanol–water partition coefficient (Wildman–Crippen LogP) is 0.941. The molecule has 1 aliphatic heterocycles. The number of aliphatic hydroxyl groups is 1. The lowest BCUT2D eigenvalue weighted by molar-refractivity contribution is -0.131. The van der Waals surface area contributed by atoms with E-state index < -0.39 is 0 Å². The van der Waals surface area contributed by atoms with E-state index in [1.165, 1.54) is 6.92 Å². The summed E-state index contributed by atoms with van der Waals surface area (Å²) < 4.78 is 5.14. The number of benzene rings is 1. The van der Waals surface area contributed by atoms with E-state index in [0.717, 1.165) is 31.7 Å². The number of carbonyl (C=O) groups excluding carboxylic acids is 1. The first-order valence-electron chi connectivity index (χ1n) is 7.04. The van der Waals surface area contributed by atoms with Crippen LogP contribution >= 0.6 is 0 Å². The highest BCUT2D eigenvalue weighted by molar-refractivity contribution is 5.69. The molecule has 0 bridgehead atoms. The second-order valence-electron chi connectivity index (χ2n) is 4.98. The molecule has 0 amide bonds. The Morgan fingerprint density at radius 3 is 2.85 bits per heavy atom. The monoisotopic (exact) mass is 278 g/mol. The van der Waals surface area contributed by atoms with Crippen molar-refractivity contribution >= 4 is 5.97 Å². The van der Waals surface area contributed by atoms with Crippen molar-refractivity contribution in [1.82, 2.24) is 10.2 Å². The molecule has 1 atom stereocenters. The summed E-state index contributed by atoms with van der Waals surface area (Å²) in [5, 5.41) is 12.6. The molecule has 0 radical (unpaired) electrons. The van der Waals surface area contributed by atoms with Gasteiger partial charge in [0.1, 0.15) is 5.75 Å². The minimum absolute atomic E-state index is 0.145. The Balaban J connectivity index is 2.17. The summed E-state index contributed by atoms with van der Waals surface area (Å²) >= 11 is 0. The number of nitrogens with zero attached hydrogens (tertiary/aromatic N) is 1. The Morgan fingerprint density at radius 1 is 1.45 bits per heavy atom. The molecule has 5 nitrogen and oxygen atoms in total. The van der Waals surface area contributed by atoms with Gasteiger partial charge >= 0.3 is 5.97 Å². The van der Waals surface area contributed by atoms with Gasteiger partial charge in [0.15, 0.2) is 0 Å². The van der Waals surface area contributed by atoms with Crippen LogP contribution in [-0.4, -0.2) is 48.8 Å². The number of nitrogens with one attached hydrogen (secondary N) is 1. The minimum atomic E-state index is -0.317. The number of piperazine rings is 1. The summed E-state index contributed by atoms with van der Waals surface area (Å²) in [7, 11) is 0. The fourth-order valence-corrected chi connectivity index (χ4v) is 2.63. The molecule has 0 saturated carbocycles. The Kier molecular flexibility index (Phi) is 5.52. The molecule has 2 rings (SSSR count). The van der Waals surface area contributed by atoms with Crippen LogP contribution < -0.4 is 10.1 Å². The summed E-state index contributed by atoms with van der Waals surface area (Å²) in [6.07, 6.45) is 0.684. The number of esters is 1. The summed E-state index contributed by atoms with van der Waals surface area (Å²) in [6, 6.07) is 7.75. The first kappa shape index (κ1) is 15.0. The van der Waals surface area contributed by atoms with Gasteiger partial charge in [0.25, 0.3) is 0 Å². The van der Waals surface area contributed by atoms with Crippen LogP contribution in [0, 0.1) is 0 Å². The first-order chi connectivity index (χ1) is 9.70. The van der Waals surface area contributed by atoms with E-state index in [4.69, 9.17) is 4.74 Å². The molecule has 0 aromatic heterocycles. The molecule has 0 unspecified atom stereocenters. The van der Waals surface area contributed by atoms with Crippen LogP contribution in [-0.2, 0) is 4.79 Å². The van der Waals surface area contributed by atoms with Gasteiger partial charge in [0.2, 0.25) is 0 Å². The van der Waals surface area contributed by atoms with Crippen LogP contribution in [0.4, 0.5) is 0 Å². The van der Waals surface area contributed by atoms with Crippen molar-refractivity contribution in [3.05, 3.63) is 29.8 Å². The van der Waals surface area contributed by atoms with E-state index in [1.807, 2.05) is 18.2 Å². The maximum atomic E-state index is 11.0. The number of hydrogen-bond acceptors (Lipinski definition) is 5. The van der Waals surface area contributed by atoms with E-state index in [9.17, 15) is 9.90 Å². The third-order valence-corrected chi connectivity index (χ3v) is 3.50. The minimum Gasteiger partial charge on any atom is -0.427 e. The quantitative estimate of drug-likeness (QED) is 0.620. The zero-order valence-electron chi connectivity index (χ0n) is 11.8. The molecule has 0 aliphatic carbocycles. The van der Waals surface area contributed by atoms with Crippen molar-refractivity contribution in [3.8, 4) is 5.75 Å². The van der Waals surface area contributed by atoms with E-state index in [1.54, 1.807) is 6.07 Å². The van der Waals surface area contributed by atoms with Crippen LogP contribution in [0.25, 0.3) is 0 Å². The Bertz CT molecular complexity index is 444. The SMILES string of the molecule is CC(=O)Oc1cccc([C@H](CCO)N2CCNCC2)c1. The van der Waals surface area contributed by atoms with Crippen LogP contribution in [0.3, 0.4) is 0 Å². The lowest BCUT2D eigenvalue weighted by Gasteiger charge is -2.35. The Hall–Kier alpha value is -1.43. The molecular formula is C15H22N2O3. The van der Waals surface area contributed by atoms with E-state index >= 15 is 0 Å². The highest BCUT2D eigenvalue weighted by atomic mass is 16.5. The van der Waals surface area contributed by atoms with Gasteiger partial charge in [-0.3, -0.25) is 9.69 Å². The van der Waals surface area contributed by atoms with Gasteiger partial charge in [-0.05, 0) is 24.1 Å². The van der Waals surface area contributed by atoms with E-state index in [-0.39, 0.29) is 18.6 Å². The lowest BCUT2D eigenvalue weighted by atomic mass is 10.0. The summed E-state index contributed by atoms with van der Waals surface area (Å²) in [4.78, 5) is 13.4. The summed E-state index contributed by atoms with van der Waals surface area (Å²) in [5.74, 6) is 0.246. The van der Waals surface area contributed by atoms with E-state index in [0.29, 0.717) is 12.2 Å². The predicted molar refractivity (Wildman–Crippen MR) is 76.6 cm³/mol. The molecule has 20 heavy (non-hydrogen) atoms. The Morgan fingerprint density at radius 2 is 2.20 bits per heavy atom. The highest BCUT2D eigenvalue weighted by Gasteiger charge is 2.22. The third-order valence-electron chi connectivity index (χ3n) is 3.50. The van der Waals surface area contributed by atoms with Crippen molar-refractivity contribution in [3.63, 3.8) is 0 Å². The van der Waals surface area contributed by atoms with Crippen LogP contribution in [0.15, 0.2) is 24.3 Å². The maximum absolute atomic E-state index is 11.0. The van der Waals surface area contributed by atoms with Gasteiger partial charge in [0, 0.05) is 45.8 Å². The number of rotatable bonds is 5. The van der Waals surface area contributed by atoms with Crippen molar-refractivity contribution in [2.24, 2.45) is 0 Å². The Labute approximate surface area is 119 Å². The molecular weight excluding hydrogens is 256 g/mol. The molecule has 1 heterocycles. The van der Waals surface area contributed by atoms with Crippen molar-refractivity contribution in [1.29, 1.82) is 0 Å². The fourth-order valence-electron chi connectivity index (χ4n) is 2.63. The fraction of sp³-hybridized carbons (Fsp3) is 0.533. The van der Waals surface area contributed by atoms with Crippen LogP contribution in [0.2, 0.25) is 0 Å². The van der Waals surface area contributed by atoms with Crippen LogP contribution in [0.1, 0.15) is 24.9 Å². The smallest absolute Gasteiger partial charge is 0.308 e. The second kappa shape index (κ2) is 7.38. The van der Waals surface area contributed by atoms with Crippen LogP contribution in [0.5, 0.6) is 5.75 Å². The summed E-state index contributed by atoms with van der Waals surface area (Å²) in [5.41, 5.74) is 1.08.